The summed E-state index contributed by atoms with van der Waals surface area (Å²) >= 11 is 0. The normalized spacial score (nSPS) is 9.83. The van der Waals surface area contributed by atoms with Crippen molar-refractivity contribution in [3.63, 3.8) is 0 Å². The standard InChI is InChI=1S/C11H14O/c1-9(2)7-10-3-5-11(8-12)6-4-10/h3-6,12H,1,7-8H2,2H3. The summed E-state index contributed by atoms with van der Waals surface area (Å²) in [6, 6.07) is 7.94. The predicted molar refractivity (Wildman–Crippen MR) is 50.9 cm³/mol. The Hall–Kier alpha value is -1.08. The molecule has 0 atom stereocenters. The molecule has 0 aliphatic carbocycles. The first kappa shape index (κ1) is 9.01. The molecule has 0 aliphatic rings. The van der Waals surface area contributed by atoms with Crippen LogP contribution in [0.3, 0.4) is 0 Å². The van der Waals surface area contributed by atoms with E-state index < -0.39 is 0 Å². The lowest BCUT2D eigenvalue weighted by Gasteiger charge is -2.01. The van der Waals surface area contributed by atoms with Gasteiger partial charge in [-0.2, -0.15) is 0 Å². The molecule has 0 aliphatic heterocycles. The van der Waals surface area contributed by atoms with Crippen LogP contribution in [0.4, 0.5) is 0 Å². The minimum Gasteiger partial charge on any atom is -0.392 e. The number of aliphatic hydroxyl groups is 1. The number of aliphatic hydroxyl groups excluding tert-OH is 1. The van der Waals surface area contributed by atoms with Gasteiger partial charge in [-0.1, -0.05) is 36.4 Å². The minimum absolute atomic E-state index is 0.118. The third kappa shape index (κ3) is 2.51. The van der Waals surface area contributed by atoms with E-state index in [2.05, 4.69) is 6.58 Å². The molecule has 1 rings (SSSR count). The number of allylic oxidation sites excluding steroid dienone is 1. The van der Waals surface area contributed by atoms with E-state index in [9.17, 15) is 0 Å². The van der Waals surface area contributed by atoms with Crippen molar-refractivity contribution in [1.82, 2.24) is 0 Å². The summed E-state index contributed by atoms with van der Waals surface area (Å²) in [6.45, 7) is 5.98. The van der Waals surface area contributed by atoms with Gasteiger partial charge in [-0.25, -0.2) is 0 Å². The van der Waals surface area contributed by atoms with E-state index in [4.69, 9.17) is 5.11 Å². The Labute approximate surface area is 73.4 Å². The van der Waals surface area contributed by atoms with Crippen LogP contribution in [0.1, 0.15) is 18.1 Å². The van der Waals surface area contributed by atoms with Gasteiger partial charge in [-0.3, -0.25) is 0 Å². The van der Waals surface area contributed by atoms with Crippen molar-refractivity contribution in [3.05, 3.63) is 47.5 Å². The van der Waals surface area contributed by atoms with Gasteiger partial charge in [0, 0.05) is 0 Å². The summed E-state index contributed by atoms with van der Waals surface area (Å²) in [5.41, 5.74) is 3.37. The molecule has 0 heterocycles. The quantitative estimate of drug-likeness (QED) is 0.676. The summed E-state index contributed by atoms with van der Waals surface area (Å²) in [6.07, 6.45) is 0.922. The lowest BCUT2D eigenvalue weighted by Crippen LogP contribution is -1.87. The lowest BCUT2D eigenvalue weighted by atomic mass is 10.1. The molecule has 0 unspecified atom stereocenters. The average molecular weight is 162 g/mol. The van der Waals surface area contributed by atoms with Gasteiger partial charge in [-0.15, -0.1) is 0 Å². The zero-order valence-corrected chi connectivity index (χ0v) is 7.38. The summed E-state index contributed by atoms with van der Waals surface area (Å²) in [5.74, 6) is 0. The fourth-order valence-corrected chi connectivity index (χ4v) is 1.11. The van der Waals surface area contributed by atoms with Gasteiger partial charge in [-0.05, 0) is 24.5 Å². The number of hydrogen-bond donors (Lipinski definition) is 1. The Kier molecular flexibility index (Phi) is 3.06. The Morgan fingerprint density at radius 3 is 2.17 bits per heavy atom. The molecule has 0 bridgehead atoms. The fourth-order valence-electron chi connectivity index (χ4n) is 1.11. The summed E-state index contributed by atoms with van der Waals surface area (Å²) in [7, 11) is 0. The maximum Gasteiger partial charge on any atom is 0.0681 e. The fraction of sp³-hybridized carbons (Fsp3) is 0.273. The van der Waals surface area contributed by atoms with Crippen LogP contribution in [-0.4, -0.2) is 5.11 Å². The zero-order chi connectivity index (χ0) is 8.97. The topological polar surface area (TPSA) is 20.2 Å². The summed E-state index contributed by atoms with van der Waals surface area (Å²) in [5, 5.41) is 8.79. The largest absolute Gasteiger partial charge is 0.392 e. The number of rotatable bonds is 3. The molecule has 1 N–H and O–H groups in total. The van der Waals surface area contributed by atoms with Gasteiger partial charge >= 0.3 is 0 Å². The molecule has 64 valence electrons. The minimum atomic E-state index is 0.118. The van der Waals surface area contributed by atoms with E-state index in [0.717, 1.165) is 17.6 Å². The number of benzene rings is 1. The highest BCUT2D eigenvalue weighted by atomic mass is 16.3. The van der Waals surface area contributed by atoms with Crippen molar-refractivity contribution in [2.45, 2.75) is 20.0 Å². The molecule has 0 saturated heterocycles. The van der Waals surface area contributed by atoms with Crippen LogP contribution in [-0.2, 0) is 13.0 Å². The van der Waals surface area contributed by atoms with Crippen LogP contribution in [0, 0.1) is 0 Å². The second-order valence-corrected chi connectivity index (χ2v) is 3.11. The Bertz CT molecular complexity index is 259. The summed E-state index contributed by atoms with van der Waals surface area (Å²) < 4.78 is 0. The van der Waals surface area contributed by atoms with Crippen LogP contribution >= 0.6 is 0 Å². The highest BCUT2D eigenvalue weighted by Crippen LogP contribution is 2.08. The maximum absolute atomic E-state index is 8.79. The average Bonchev–Trinajstić information content (AvgIpc) is 2.05. The Morgan fingerprint density at radius 1 is 1.25 bits per heavy atom. The second kappa shape index (κ2) is 4.07. The van der Waals surface area contributed by atoms with E-state index in [-0.39, 0.29) is 6.61 Å². The van der Waals surface area contributed by atoms with E-state index in [0.29, 0.717) is 0 Å². The first-order valence-corrected chi connectivity index (χ1v) is 4.05. The van der Waals surface area contributed by atoms with E-state index in [1.165, 1.54) is 5.56 Å². The molecular weight excluding hydrogens is 148 g/mol. The Morgan fingerprint density at radius 2 is 1.75 bits per heavy atom. The van der Waals surface area contributed by atoms with Gasteiger partial charge in [0.15, 0.2) is 0 Å². The molecule has 1 nitrogen and oxygen atoms in total. The molecule has 0 amide bonds. The molecule has 1 heteroatoms. The van der Waals surface area contributed by atoms with Crippen molar-refractivity contribution in [2.24, 2.45) is 0 Å². The van der Waals surface area contributed by atoms with Gasteiger partial charge in [0.25, 0.3) is 0 Å². The highest BCUT2D eigenvalue weighted by Gasteiger charge is 1.93. The van der Waals surface area contributed by atoms with Crippen molar-refractivity contribution < 1.29 is 5.11 Å². The second-order valence-electron chi connectivity index (χ2n) is 3.11. The van der Waals surface area contributed by atoms with Crippen LogP contribution in [0.25, 0.3) is 0 Å². The van der Waals surface area contributed by atoms with E-state index >= 15 is 0 Å². The molecule has 1 aromatic carbocycles. The van der Waals surface area contributed by atoms with Crippen molar-refractivity contribution in [3.8, 4) is 0 Å². The zero-order valence-electron chi connectivity index (χ0n) is 7.38. The van der Waals surface area contributed by atoms with Gasteiger partial charge in [0.1, 0.15) is 0 Å². The molecule has 12 heavy (non-hydrogen) atoms. The molecule has 0 aromatic heterocycles. The van der Waals surface area contributed by atoms with Crippen LogP contribution in [0.15, 0.2) is 36.4 Å². The van der Waals surface area contributed by atoms with Gasteiger partial charge < -0.3 is 5.11 Å². The molecule has 0 radical (unpaired) electrons. The molecule has 0 fully saturated rings. The Balaban J connectivity index is 2.71. The van der Waals surface area contributed by atoms with Crippen LogP contribution < -0.4 is 0 Å². The highest BCUT2D eigenvalue weighted by molar-refractivity contribution is 5.24. The molecule has 0 saturated carbocycles. The SMILES string of the molecule is C=C(C)Cc1ccc(CO)cc1. The lowest BCUT2D eigenvalue weighted by molar-refractivity contribution is 0.282. The van der Waals surface area contributed by atoms with Crippen LogP contribution in [0.5, 0.6) is 0 Å². The first-order valence-electron chi connectivity index (χ1n) is 4.05. The summed E-state index contributed by atoms with van der Waals surface area (Å²) in [4.78, 5) is 0. The van der Waals surface area contributed by atoms with Crippen LogP contribution in [0.2, 0.25) is 0 Å². The number of hydrogen-bond acceptors (Lipinski definition) is 1. The maximum atomic E-state index is 8.79. The van der Waals surface area contributed by atoms with Gasteiger partial charge in [0.2, 0.25) is 0 Å². The van der Waals surface area contributed by atoms with Gasteiger partial charge in [0.05, 0.1) is 6.61 Å². The predicted octanol–water partition coefficient (Wildman–Crippen LogP) is 2.30. The molecular formula is C11H14O. The third-order valence-corrected chi connectivity index (χ3v) is 1.71. The van der Waals surface area contributed by atoms with Crippen molar-refractivity contribution in [2.75, 3.05) is 0 Å². The van der Waals surface area contributed by atoms with Crippen molar-refractivity contribution in [1.29, 1.82) is 0 Å². The smallest absolute Gasteiger partial charge is 0.0681 e. The van der Waals surface area contributed by atoms with E-state index in [1.807, 2.05) is 31.2 Å². The first-order chi connectivity index (χ1) is 5.72. The van der Waals surface area contributed by atoms with E-state index in [1.54, 1.807) is 0 Å². The molecule has 0 spiro atoms. The molecule has 1 aromatic rings. The third-order valence-electron chi connectivity index (χ3n) is 1.71. The monoisotopic (exact) mass is 162 g/mol. The van der Waals surface area contributed by atoms with Crippen molar-refractivity contribution >= 4 is 0 Å².